The Balaban J connectivity index is 2.49. The number of rotatable bonds is 4. The lowest BCUT2D eigenvalue weighted by atomic mass is 10.2. The first-order chi connectivity index (χ1) is 9.58. The van der Waals surface area contributed by atoms with Crippen molar-refractivity contribution in [2.75, 3.05) is 6.61 Å². The number of esters is 1. The molecule has 0 radical (unpaired) electrons. The minimum Gasteiger partial charge on any atom is -0.460 e. The van der Waals surface area contributed by atoms with Gasteiger partial charge in [-0.1, -0.05) is 24.6 Å². The summed E-state index contributed by atoms with van der Waals surface area (Å²) in [7, 11) is 0. The van der Waals surface area contributed by atoms with Crippen LogP contribution < -0.4 is 0 Å². The number of carbonyl (C=O) groups excluding carboxylic acids is 1. The quantitative estimate of drug-likeness (QED) is 0.755. The summed E-state index contributed by atoms with van der Waals surface area (Å²) in [6.07, 6.45) is 0.573. The van der Waals surface area contributed by atoms with Crippen molar-refractivity contribution in [1.82, 2.24) is 4.98 Å². The third-order valence-corrected chi connectivity index (χ3v) is 3.97. The fourth-order valence-electron chi connectivity index (χ4n) is 1.73. The molecular formula is C14H13BrClNO3. The van der Waals surface area contributed by atoms with Gasteiger partial charge in [0, 0.05) is 4.47 Å². The predicted octanol–water partition coefficient (Wildman–Crippen LogP) is 4.50. The highest BCUT2D eigenvalue weighted by molar-refractivity contribution is 9.10. The summed E-state index contributed by atoms with van der Waals surface area (Å²) in [5.41, 5.74) is 1.20. The molecule has 1 aromatic carbocycles. The molecule has 6 heteroatoms. The third-order valence-electron chi connectivity index (χ3n) is 2.68. The van der Waals surface area contributed by atoms with E-state index < -0.39 is 5.97 Å². The summed E-state index contributed by atoms with van der Waals surface area (Å²) in [5.74, 6) is -0.0502. The Bertz CT molecular complexity index is 639. The van der Waals surface area contributed by atoms with Crippen LogP contribution in [0.2, 0.25) is 5.02 Å². The van der Waals surface area contributed by atoms with Gasteiger partial charge in [-0.2, -0.15) is 0 Å². The molecule has 0 saturated heterocycles. The Morgan fingerprint density at radius 1 is 1.45 bits per heavy atom. The number of carbonyl (C=O) groups is 1. The molecule has 0 bridgehead atoms. The normalized spacial score (nSPS) is 10.6. The molecule has 2 aromatic rings. The van der Waals surface area contributed by atoms with Crippen molar-refractivity contribution in [2.45, 2.75) is 20.3 Å². The number of oxazole rings is 1. The van der Waals surface area contributed by atoms with E-state index in [1.807, 2.05) is 19.1 Å². The molecule has 0 saturated carbocycles. The van der Waals surface area contributed by atoms with E-state index in [9.17, 15) is 4.79 Å². The summed E-state index contributed by atoms with van der Waals surface area (Å²) in [4.78, 5) is 16.2. The number of aryl methyl sites for hydroxylation is 1. The highest BCUT2D eigenvalue weighted by atomic mass is 79.9. The zero-order valence-electron chi connectivity index (χ0n) is 11.1. The van der Waals surface area contributed by atoms with Crippen LogP contribution in [0.4, 0.5) is 0 Å². The first-order valence-corrected chi connectivity index (χ1v) is 7.36. The Morgan fingerprint density at radius 3 is 2.85 bits per heavy atom. The van der Waals surface area contributed by atoms with Gasteiger partial charge < -0.3 is 9.15 Å². The van der Waals surface area contributed by atoms with E-state index in [0.29, 0.717) is 28.6 Å². The molecule has 0 aliphatic heterocycles. The van der Waals surface area contributed by atoms with E-state index >= 15 is 0 Å². The van der Waals surface area contributed by atoms with Crippen molar-refractivity contribution in [3.8, 4) is 11.5 Å². The molecule has 2 rings (SSSR count). The van der Waals surface area contributed by atoms with Crippen LogP contribution in [0.3, 0.4) is 0 Å². The average Bonchev–Trinajstić information content (AvgIpc) is 2.86. The van der Waals surface area contributed by atoms with Gasteiger partial charge in [-0.3, -0.25) is 0 Å². The van der Waals surface area contributed by atoms with E-state index in [1.165, 1.54) is 0 Å². The lowest BCUT2D eigenvalue weighted by Gasteiger charge is -2.01. The van der Waals surface area contributed by atoms with Crippen molar-refractivity contribution in [1.29, 1.82) is 0 Å². The SMILES string of the molecule is CCOC(=O)c1oc(-c2cccc(Br)c2Cl)nc1CC. The Kier molecular flexibility index (Phi) is 4.83. The van der Waals surface area contributed by atoms with Gasteiger partial charge in [0.1, 0.15) is 0 Å². The molecule has 0 fully saturated rings. The van der Waals surface area contributed by atoms with Crippen LogP contribution in [0.5, 0.6) is 0 Å². The van der Waals surface area contributed by atoms with E-state index in [2.05, 4.69) is 20.9 Å². The monoisotopic (exact) mass is 357 g/mol. The minimum absolute atomic E-state index is 0.139. The van der Waals surface area contributed by atoms with Crippen LogP contribution in [0.25, 0.3) is 11.5 Å². The van der Waals surface area contributed by atoms with Crippen LogP contribution >= 0.6 is 27.5 Å². The van der Waals surface area contributed by atoms with Crippen molar-refractivity contribution in [3.63, 3.8) is 0 Å². The van der Waals surface area contributed by atoms with Gasteiger partial charge in [-0.25, -0.2) is 9.78 Å². The second-order valence-corrected chi connectivity index (χ2v) is 5.20. The van der Waals surface area contributed by atoms with Gasteiger partial charge in [0.15, 0.2) is 0 Å². The Hall–Kier alpha value is -1.33. The second-order valence-electron chi connectivity index (χ2n) is 3.97. The predicted molar refractivity (Wildman–Crippen MR) is 80.0 cm³/mol. The lowest BCUT2D eigenvalue weighted by Crippen LogP contribution is -2.05. The molecule has 0 spiro atoms. The third kappa shape index (κ3) is 2.88. The first-order valence-electron chi connectivity index (χ1n) is 6.19. The van der Waals surface area contributed by atoms with Crippen LogP contribution in [-0.2, 0) is 11.2 Å². The maximum atomic E-state index is 11.8. The van der Waals surface area contributed by atoms with E-state index in [4.69, 9.17) is 20.8 Å². The molecule has 4 nitrogen and oxygen atoms in total. The van der Waals surface area contributed by atoms with Crippen LogP contribution in [0.15, 0.2) is 27.1 Å². The van der Waals surface area contributed by atoms with E-state index in [1.54, 1.807) is 13.0 Å². The van der Waals surface area contributed by atoms with Crippen LogP contribution in [0, 0.1) is 0 Å². The van der Waals surface area contributed by atoms with E-state index in [-0.39, 0.29) is 12.4 Å². The van der Waals surface area contributed by atoms with Crippen molar-refractivity contribution < 1.29 is 13.9 Å². The minimum atomic E-state index is -0.505. The molecule has 20 heavy (non-hydrogen) atoms. The second kappa shape index (κ2) is 6.41. The number of ether oxygens (including phenoxy) is 1. The smallest absolute Gasteiger partial charge is 0.376 e. The first kappa shape index (κ1) is 15.1. The zero-order chi connectivity index (χ0) is 14.7. The number of nitrogens with zero attached hydrogens (tertiary/aromatic N) is 1. The fourth-order valence-corrected chi connectivity index (χ4v) is 2.30. The Morgan fingerprint density at radius 2 is 2.20 bits per heavy atom. The number of benzene rings is 1. The number of hydrogen-bond acceptors (Lipinski definition) is 4. The largest absolute Gasteiger partial charge is 0.460 e. The number of aromatic nitrogens is 1. The summed E-state index contributed by atoms with van der Waals surface area (Å²) < 4.78 is 11.3. The van der Waals surface area contributed by atoms with Crippen LogP contribution in [-0.4, -0.2) is 17.6 Å². The number of hydrogen-bond donors (Lipinski definition) is 0. The van der Waals surface area contributed by atoms with Crippen molar-refractivity contribution in [3.05, 3.63) is 39.1 Å². The summed E-state index contributed by atoms with van der Waals surface area (Å²) >= 11 is 9.56. The molecule has 1 aromatic heterocycles. The maximum absolute atomic E-state index is 11.8. The summed E-state index contributed by atoms with van der Waals surface area (Å²) in [5, 5.41) is 0.492. The molecule has 0 atom stereocenters. The van der Waals surface area contributed by atoms with E-state index in [0.717, 1.165) is 4.47 Å². The van der Waals surface area contributed by atoms with Gasteiger partial charge in [-0.15, -0.1) is 0 Å². The van der Waals surface area contributed by atoms with Crippen molar-refractivity contribution in [2.24, 2.45) is 0 Å². The average molecular weight is 359 g/mol. The van der Waals surface area contributed by atoms with Gasteiger partial charge in [-0.05, 0) is 41.4 Å². The summed E-state index contributed by atoms with van der Waals surface area (Å²) in [6, 6.07) is 5.43. The molecule has 0 amide bonds. The zero-order valence-corrected chi connectivity index (χ0v) is 13.4. The molecule has 0 aliphatic carbocycles. The standard InChI is InChI=1S/C14H13BrClNO3/c1-3-10-12(14(18)19-4-2)20-13(17-10)8-6-5-7-9(15)11(8)16/h5-7H,3-4H2,1-2H3. The molecule has 0 N–H and O–H groups in total. The molecular weight excluding hydrogens is 346 g/mol. The van der Waals surface area contributed by atoms with Gasteiger partial charge in [0.2, 0.25) is 11.7 Å². The molecule has 106 valence electrons. The van der Waals surface area contributed by atoms with Gasteiger partial charge in [0.05, 0.1) is 22.9 Å². The summed E-state index contributed by atoms with van der Waals surface area (Å²) in [6.45, 7) is 3.93. The molecule has 1 heterocycles. The Labute approximate surface area is 130 Å². The fraction of sp³-hybridized carbons (Fsp3) is 0.286. The number of halogens is 2. The molecule has 0 unspecified atom stereocenters. The van der Waals surface area contributed by atoms with Gasteiger partial charge >= 0.3 is 5.97 Å². The maximum Gasteiger partial charge on any atom is 0.376 e. The van der Waals surface area contributed by atoms with Gasteiger partial charge in [0.25, 0.3) is 0 Å². The van der Waals surface area contributed by atoms with Crippen LogP contribution in [0.1, 0.15) is 30.1 Å². The van der Waals surface area contributed by atoms with Crippen molar-refractivity contribution >= 4 is 33.5 Å². The lowest BCUT2D eigenvalue weighted by molar-refractivity contribution is 0.0489. The highest BCUT2D eigenvalue weighted by Gasteiger charge is 2.22. The molecule has 0 aliphatic rings. The highest BCUT2D eigenvalue weighted by Crippen LogP contribution is 2.34. The topological polar surface area (TPSA) is 52.3 Å².